The van der Waals surface area contributed by atoms with Crippen molar-refractivity contribution in [3.05, 3.63) is 35.4 Å². The average Bonchev–Trinajstić information content (AvgIpc) is 2.50. The summed E-state index contributed by atoms with van der Waals surface area (Å²) < 4.78 is 5.27. The molecule has 21 heavy (non-hydrogen) atoms. The summed E-state index contributed by atoms with van der Waals surface area (Å²) in [4.78, 5) is 4.15. The van der Waals surface area contributed by atoms with Crippen LogP contribution in [0.4, 0.5) is 0 Å². The highest BCUT2D eigenvalue weighted by Gasteiger charge is 1.99. The smallest absolute Gasteiger partial charge is 0.191 e. The minimum atomic E-state index is 0. The molecule has 0 unspecified atom stereocenters. The second-order valence-corrected chi connectivity index (χ2v) is 4.22. The Labute approximate surface area is 143 Å². The number of guanidine groups is 1. The Bertz CT molecular complexity index is 471. The lowest BCUT2D eigenvalue weighted by molar-refractivity contribution is 0.145. The van der Waals surface area contributed by atoms with Crippen LogP contribution in [0.1, 0.15) is 24.5 Å². The lowest BCUT2D eigenvalue weighted by Gasteiger charge is -2.12. The molecule has 0 fully saturated rings. The number of aliphatic imine (C=N–C) groups is 1. The third kappa shape index (κ3) is 8.52. The van der Waals surface area contributed by atoms with Gasteiger partial charge in [0, 0.05) is 33.4 Å². The van der Waals surface area contributed by atoms with E-state index in [0.29, 0.717) is 12.1 Å². The summed E-state index contributed by atoms with van der Waals surface area (Å²) in [6.45, 7) is 4.95. The van der Waals surface area contributed by atoms with Crippen LogP contribution in [0.25, 0.3) is 0 Å². The quantitative estimate of drug-likeness (QED) is 0.318. The molecule has 0 aliphatic heterocycles. The Hall–Kier alpha value is -1.33. The van der Waals surface area contributed by atoms with Crippen molar-refractivity contribution in [2.24, 2.45) is 4.99 Å². The third-order valence-corrected chi connectivity index (χ3v) is 2.70. The van der Waals surface area contributed by atoms with Gasteiger partial charge in [-0.2, -0.15) is 5.26 Å². The summed E-state index contributed by atoms with van der Waals surface area (Å²) in [6.07, 6.45) is 0.943. The topological polar surface area (TPSA) is 69.4 Å². The van der Waals surface area contributed by atoms with Gasteiger partial charge in [-0.25, -0.2) is 0 Å². The molecule has 0 spiro atoms. The molecule has 0 radical (unpaired) electrons. The van der Waals surface area contributed by atoms with Crippen molar-refractivity contribution in [3.8, 4) is 6.07 Å². The van der Waals surface area contributed by atoms with Crippen molar-refractivity contribution in [1.29, 1.82) is 5.26 Å². The highest BCUT2D eigenvalue weighted by molar-refractivity contribution is 14.0. The molecular formula is C15H23IN4O. The van der Waals surface area contributed by atoms with E-state index in [1.54, 1.807) is 13.1 Å². The van der Waals surface area contributed by atoms with Gasteiger partial charge in [-0.1, -0.05) is 12.1 Å². The largest absolute Gasteiger partial charge is 0.382 e. The molecule has 0 heterocycles. The summed E-state index contributed by atoms with van der Waals surface area (Å²) in [6, 6.07) is 9.67. The molecule has 6 heteroatoms. The molecule has 0 saturated heterocycles. The van der Waals surface area contributed by atoms with Crippen molar-refractivity contribution in [2.75, 3.05) is 26.8 Å². The van der Waals surface area contributed by atoms with Gasteiger partial charge in [0.1, 0.15) is 0 Å². The van der Waals surface area contributed by atoms with Crippen LogP contribution in [0, 0.1) is 11.3 Å². The number of benzene rings is 1. The average molecular weight is 402 g/mol. The lowest BCUT2D eigenvalue weighted by atomic mass is 10.1. The van der Waals surface area contributed by atoms with Crippen molar-refractivity contribution in [3.63, 3.8) is 0 Å². The Morgan fingerprint density at radius 3 is 2.86 bits per heavy atom. The maximum absolute atomic E-state index is 8.85. The molecule has 0 aliphatic carbocycles. The fraction of sp³-hybridized carbons (Fsp3) is 0.467. The van der Waals surface area contributed by atoms with E-state index < -0.39 is 0 Å². The SMILES string of the molecule is CCOCCCNC(=NC)NCc1cccc(C#N)c1.I. The Morgan fingerprint density at radius 2 is 2.19 bits per heavy atom. The van der Waals surface area contributed by atoms with E-state index in [1.165, 1.54) is 0 Å². The summed E-state index contributed by atoms with van der Waals surface area (Å²) >= 11 is 0. The summed E-state index contributed by atoms with van der Waals surface area (Å²) in [5, 5.41) is 15.3. The van der Waals surface area contributed by atoms with Crippen LogP contribution in [-0.4, -0.2) is 32.8 Å². The van der Waals surface area contributed by atoms with Crippen LogP contribution in [0.5, 0.6) is 0 Å². The Kier molecular flexibility index (Phi) is 11.6. The van der Waals surface area contributed by atoms with Crippen molar-refractivity contribution < 1.29 is 4.74 Å². The zero-order valence-electron chi connectivity index (χ0n) is 12.6. The molecule has 0 bridgehead atoms. The minimum Gasteiger partial charge on any atom is -0.382 e. The highest BCUT2D eigenvalue weighted by atomic mass is 127. The predicted molar refractivity (Wildman–Crippen MR) is 95.9 cm³/mol. The van der Waals surface area contributed by atoms with Crippen LogP contribution >= 0.6 is 24.0 Å². The maximum Gasteiger partial charge on any atom is 0.191 e. The Balaban J connectivity index is 0.00000400. The molecule has 0 saturated carbocycles. The second-order valence-electron chi connectivity index (χ2n) is 4.22. The molecule has 116 valence electrons. The van der Waals surface area contributed by atoms with Gasteiger partial charge in [-0.15, -0.1) is 24.0 Å². The molecule has 0 aromatic heterocycles. The molecule has 1 aromatic carbocycles. The number of halogens is 1. The van der Waals surface area contributed by atoms with Crippen LogP contribution in [0.15, 0.2) is 29.3 Å². The number of hydrogen-bond donors (Lipinski definition) is 2. The van der Waals surface area contributed by atoms with Gasteiger partial charge in [-0.05, 0) is 31.0 Å². The van der Waals surface area contributed by atoms with Gasteiger partial charge < -0.3 is 15.4 Å². The molecule has 0 aliphatic rings. The zero-order chi connectivity index (χ0) is 14.6. The summed E-state index contributed by atoms with van der Waals surface area (Å²) in [5.74, 6) is 0.754. The number of hydrogen-bond acceptors (Lipinski definition) is 3. The summed E-state index contributed by atoms with van der Waals surface area (Å²) in [7, 11) is 1.74. The van der Waals surface area contributed by atoms with Gasteiger partial charge in [0.15, 0.2) is 5.96 Å². The standard InChI is InChI=1S/C15H22N4O.HI/c1-3-20-9-5-8-18-15(17-2)19-12-14-7-4-6-13(10-14)11-16;/h4,6-7,10H,3,5,8-9,12H2,1-2H3,(H2,17,18,19);1H. The number of ether oxygens (including phenoxy) is 1. The normalized spacial score (nSPS) is 10.4. The number of rotatable bonds is 7. The Morgan fingerprint density at radius 1 is 1.38 bits per heavy atom. The van der Waals surface area contributed by atoms with Crippen molar-refractivity contribution >= 4 is 29.9 Å². The zero-order valence-corrected chi connectivity index (χ0v) is 14.9. The van der Waals surface area contributed by atoms with Gasteiger partial charge in [-0.3, -0.25) is 4.99 Å². The first-order valence-electron chi connectivity index (χ1n) is 6.81. The van der Waals surface area contributed by atoms with Gasteiger partial charge in [0.2, 0.25) is 0 Å². The predicted octanol–water partition coefficient (Wildman–Crippen LogP) is 2.27. The fourth-order valence-electron chi connectivity index (χ4n) is 1.68. The fourth-order valence-corrected chi connectivity index (χ4v) is 1.68. The van der Waals surface area contributed by atoms with Crippen LogP contribution in [-0.2, 0) is 11.3 Å². The first kappa shape index (κ1) is 19.7. The highest BCUT2D eigenvalue weighted by Crippen LogP contribution is 2.03. The van der Waals surface area contributed by atoms with E-state index in [2.05, 4.69) is 21.7 Å². The van der Waals surface area contributed by atoms with E-state index in [4.69, 9.17) is 10.00 Å². The molecule has 5 nitrogen and oxygen atoms in total. The van der Waals surface area contributed by atoms with E-state index in [9.17, 15) is 0 Å². The van der Waals surface area contributed by atoms with Crippen molar-refractivity contribution in [1.82, 2.24) is 10.6 Å². The minimum absolute atomic E-state index is 0. The van der Waals surface area contributed by atoms with Crippen LogP contribution < -0.4 is 10.6 Å². The van der Waals surface area contributed by atoms with Crippen LogP contribution in [0.3, 0.4) is 0 Å². The van der Waals surface area contributed by atoms with E-state index in [0.717, 1.165) is 37.7 Å². The van der Waals surface area contributed by atoms with E-state index >= 15 is 0 Å². The number of nitriles is 1. The first-order chi connectivity index (χ1) is 9.80. The second kappa shape index (κ2) is 12.4. The molecule has 0 amide bonds. The maximum atomic E-state index is 8.85. The van der Waals surface area contributed by atoms with Gasteiger partial charge in [0.05, 0.1) is 11.6 Å². The van der Waals surface area contributed by atoms with E-state index in [-0.39, 0.29) is 24.0 Å². The molecule has 2 N–H and O–H groups in total. The molecular weight excluding hydrogens is 379 g/mol. The summed E-state index contributed by atoms with van der Waals surface area (Å²) in [5.41, 5.74) is 1.73. The monoisotopic (exact) mass is 402 g/mol. The molecule has 1 aromatic rings. The van der Waals surface area contributed by atoms with E-state index in [1.807, 2.05) is 25.1 Å². The first-order valence-corrected chi connectivity index (χ1v) is 6.81. The van der Waals surface area contributed by atoms with Crippen LogP contribution in [0.2, 0.25) is 0 Å². The van der Waals surface area contributed by atoms with Gasteiger partial charge >= 0.3 is 0 Å². The number of nitrogens with one attached hydrogen (secondary N) is 2. The van der Waals surface area contributed by atoms with Gasteiger partial charge in [0.25, 0.3) is 0 Å². The number of nitrogens with zero attached hydrogens (tertiary/aromatic N) is 2. The third-order valence-electron chi connectivity index (χ3n) is 2.70. The lowest BCUT2D eigenvalue weighted by Crippen LogP contribution is -2.37. The molecule has 1 rings (SSSR count). The van der Waals surface area contributed by atoms with Crippen molar-refractivity contribution in [2.45, 2.75) is 19.9 Å². The molecule has 0 atom stereocenters.